The molecule has 0 unspecified atom stereocenters. The fraction of sp³-hybridized carbons (Fsp3) is 0.0556. The first-order valence-electron chi connectivity index (χ1n) is 26.2. The summed E-state index contributed by atoms with van der Waals surface area (Å²) in [5.74, 6) is 0. The first-order chi connectivity index (χ1) is 36.8. The number of hydrogen-bond donors (Lipinski definition) is 0. The van der Waals surface area contributed by atoms with Crippen LogP contribution in [0.1, 0.15) is 26.3 Å². The van der Waals surface area contributed by atoms with Crippen LogP contribution in [0.15, 0.2) is 243 Å². The summed E-state index contributed by atoms with van der Waals surface area (Å²) in [6, 6.07) is 91.0. The van der Waals surface area contributed by atoms with Gasteiger partial charge in [-0.15, -0.1) is 0 Å². The fourth-order valence-electron chi connectivity index (χ4n) is 12.7. The average molecular weight is 956 g/mol. The van der Waals surface area contributed by atoms with E-state index < -0.39 is 0 Å². The number of para-hydroxylation sites is 4. The van der Waals surface area contributed by atoms with Gasteiger partial charge in [0.1, 0.15) is 0 Å². The number of fused-ring (bicyclic) bond motifs is 14. The van der Waals surface area contributed by atoms with Crippen LogP contribution in [0.2, 0.25) is 0 Å². The molecule has 4 aromatic heterocycles. The van der Waals surface area contributed by atoms with E-state index >= 15 is 0 Å². The van der Waals surface area contributed by atoms with Gasteiger partial charge in [0.25, 0.3) is 0 Å². The van der Waals surface area contributed by atoms with E-state index in [0.717, 1.165) is 0 Å². The summed E-state index contributed by atoms with van der Waals surface area (Å²) in [6.45, 7) is 6.86. The third-order valence-corrected chi connectivity index (χ3v) is 16.4. The third-order valence-electron chi connectivity index (χ3n) is 16.4. The molecule has 4 heterocycles. The minimum atomic E-state index is 0.0792. The van der Waals surface area contributed by atoms with E-state index in [1.807, 2.05) is 0 Å². The summed E-state index contributed by atoms with van der Waals surface area (Å²) in [4.78, 5) is 0. The van der Waals surface area contributed by atoms with Gasteiger partial charge in [0.15, 0.2) is 0 Å². The highest BCUT2D eigenvalue weighted by Gasteiger charge is 2.22. The van der Waals surface area contributed by atoms with E-state index in [-0.39, 0.29) is 5.41 Å². The van der Waals surface area contributed by atoms with E-state index in [1.165, 1.54) is 154 Å². The Morgan fingerprint density at radius 1 is 0.253 bits per heavy atom. The van der Waals surface area contributed by atoms with Crippen molar-refractivity contribution in [2.45, 2.75) is 26.2 Å². The lowest BCUT2D eigenvalue weighted by atomic mass is 9.86. The Labute approximate surface area is 433 Å². The van der Waals surface area contributed by atoms with Crippen LogP contribution in [0, 0.1) is 0 Å². The maximum atomic E-state index is 2.56. The zero-order chi connectivity index (χ0) is 49.7. The maximum absolute atomic E-state index is 2.56. The van der Waals surface area contributed by atoms with Crippen molar-refractivity contribution >= 4 is 103 Å². The topological polar surface area (TPSA) is 14.3 Å². The van der Waals surface area contributed by atoms with Crippen molar-refractivity contribution in [3.8, 4) is 44.8 Å². The largest absolute Gasteiger partial charge is 0.309 e. The Morgan fingerprint density at radius 2 is 0.640 bits per heavy atom. The molecule has 75 heavy (non-hydrogen) atoms. The standard InChI is InChI=1S/C72H49N3/c1-72(2,3)54-30-26-44(27-31-54)53-40-63-61-38-49-24-22-45(47-28-32-67-59(36-47)57-18-10-12-20-65(57)73(67)55-14-6-4-7-15-55)34-51(49)42-69(61)75-70-43-52-35-46(23-25-50(52)39-62(70)64(41-53)71(63)75)48-29-33-68-60(37-48)58-19-11-13-21-66(58)74(68)56-16-8-5-9-17-56/h4-43H,1-3H3. The second-order valence-electron chi connectivity index (χ2n) is 21.8. The van der Waals surface area contributed by atoms with Crippen molar-refractivity contribution in [1.82, 2.24) is 13.5 Å². The molecule has 3 heteroatoms. The predicted molar refractivity (Wildman–Crippen MR) is 320 cm³/mol. The predicted octanol–water partition coefficient (Wildman–Crippen LogP) is 19.6. The van der Waals surface area contributed by atoms with Gasteiger partial charge in [-0.1, -0.05) is 154 Å². The molecule has 3 nitrogen and oxygen atoms in total. The molecule has 0 atom stereocenters. The van der Waals surface area contributed by atoms with Crippen LogP contribution in [-0.4, -0.2) is 13.5 Å². The molecule has 0 fully saturated rings. The lowest BCUT2D eigenvalue weighted by Crippen LogP contribution is -2.10. The van der Waals surface area contributed by atoms with Crippen LogP contribution in [0.5, 0.6) is 0 Å². The highest BCUT2D eigenvalue weighted by molar-refractivity contribution is 6.27. The zero-order valence-corrected chi connectivity index (χ0v) is 41.9. The van der Waals surface area contributed by atoms with Gasteiger partial charge in [-0.2, -0.15) is 0 Å². The SMILES string of the molecule is CC(C)(C)c1ccc(-c2cc3c4cc5ccc(-c6ccc7c(c6)c6ccccc6n7-c6ccccc6)cc5cc4n4c5cc6cc(-c7ccc8c(c7)c7ccccc7n8-c7ccccc7)ccc6cc5c(c2)c34)cc1. The van der Waals surface area contributed by atoms with Crippen LogP contribution >= 0.6 is 0 Å². The van der Waals surface area contributed by atoms with Crippen molar-refractivity contribution in [3.63, 3.8) is 0 Å². The smallest absolute Gasteiger partial charge is 0.0620 e. The molecular formula is C72H49N3. The summed E-state index contributed by atoms with van der Waals surface area (Å²) in [5, 5.41) is 15.1. The Kier molecular flexibility index (Phi) is 8.72. The number of rotatable bonds is 5. The van der Waals surface area contributed by atoms with Crippen LogP contribution in [0.4, 0.5) is 0 Å². The van der Waals surface area contributed by atoms with Crippen molar-refractivity contribution in [1.29, 1.82) is 0 Å². The van der Waals surface area contributed by atoms with Crippen molar-refractivity contribution in [3.05, 3.63) is 248 Å². The second kappa shape index (κ2) is 15.5. The van der Waals surface area contributed by atoms with E-state index in [1.54, 1.807) is 0 Å². The minimum absolute atomic E-state index is 0.0792. The molecule has 16 rings (SSSR count). The molecule has 16 aromatic rings. The second-order valence-corrected chi connectivity index (χ2v) is 21.8. The molecule has 0 aliphatic heterocycles. The molecule has 0 bridgehead atoms. The van der Waals surface area contributed by atoms with Gasteiger partial charge >= 0.3 is 0 Å². The zero-order valence-electron chi connectivity index (χ0n) is 41.9. The Bertz CT molecular complexity index is 4720. The molecule has 0 saturated heterocycles. The first kappa shape index (κ1) is 42.1. The summed E-state index contributed by atoms with van der Waals surface area (Å²) in [6.07, 6.45) is 0. The molecule has 0 radical (unpaired) electrons. The Morgan fingerprint density at radius 3 is 1.12 bits per heavy atom. The fourth-order valence-corrected chi connectivity index (χ4v) is 12.7. The van der Waals surface area contributed by atoms with Crippen LogP contribution < -0.4 is 0 Å². The van der Waals surface area contributed by atoms with Crippen LogP contribution in [-0.2, 0) is 5.41 Å². The first-order valence-corrected chi connectivity index (χ1v) is 26.2. The lowest BCUT2D eigenvalue weighted by Gasteiger charge is -2.19. The van der Waals surface area contributed by atoms with E-state index in [2.05, 4.69) is 277 Å². The summed E-state index contributed by atoms with van der Waals surface area (Å²) >= 11 is 0. The van der Waals surface area contributed by atoms with Crippen molar-refractivity contribution in [2.24, 2.45) is 0 Å². The van der Waals surface area contributed by atoms with Crippen molar-refractivity contribution < 1.29 is 0 Å². The van der Waals surface area contributed by atoms with E-state index in [0.29, 0.717) is 0 Å². The summed E-state index contributed by atoms with van der Waals surface area (Å²) in [5.41, 5.74) is 19.7. The Hall–Kier alpha value is -9.44. The molecular weight excluding hydrogens is 907 g/mol. The van der Waals surface area contributed by atoms with Gasteiger partial charge in [0, 0.05) is 54.5 Å². The normalized spacial score (nSPS) is 12.5. The highest BCUT2D eigenvalue weighted by Crippen LogP contribution is 2.46. The Balaban J connectivity index is 0.890. The molecule has 0 N–H and O–H groups in total. The van der Waals surface area contributed by atoms with E-state index in [9.17, 15) is 0 Å². The minimum Gasteiger partial charge on any atom is -0.309 e. The van der Waals surface area contributed by atoms with Crippen LogP contribution in [0.3, 0.4) is 0 Å². The number of aromatic nitrogens is 3. The summed E-state index contributed by atoms with van der Waals surface area (Å²) < 4.78 is 7.34. The quantitative estimate of drug-likeness (QED) is 0.163. The molecule has 0 aliphatic rings. The molecule has 0 amide bonds. The molecule has 12 aromatic carbocycles. The molecule has 0 spiro atoms. The lowest BCUT2D eigenvalue weighted by molar-refractivity contribution is 0.590. The van der Waals surface area contributed by atoms with Gasteiger partial charge in [0.05, 0.1) is 38.6 Å². The highest BCUT2D eigenvalue weighted by atomic mass is 15.0. The number of hydrogen-bond acceptors (Lipinski definition) is 0. The van der Waals surface area contributed by atoms with Crippen molar-refractivity contribution in [2.75, 3.05) is 0 Å². The molecule has 0 saturated carbocycles. The monoisotopic (exact) mass is 955 g/mol. The summed E-state index contributed by atoms with van der Waals surface area (Å²) in [7, 11) is 0. The van der Waals surface area contributed by atoms with Gasteiger partial charge in [-0.05, 0) is 175 Å². The van der Waals surface area contributed by atoms with E-state index in [4.69, 9.17) is 0 Å². The van der Waals surface area contributed by atoms with Gasteiger partial charge < -0.3 is 13.5 Å². The maximum Gasteiger partial charge on any atom is 0.0620 e. The average Bonchev–Trinajstić information content (AvgIpc) is 4.24. The third kappa shape index (κ3) is 6.28. The van der Waals surface area contributed by atoms with Crippen LogP contribution in [0.25, 0.3) is 148 Å². The number of nitrogens with zero attached hydrogens (tertiary/aromatic N) is 3. The number of benzene rings is 12. The van der Waals surface area contributed by atoms with Gasteiger partial charge in [-0.3, -0.25) is 0 Å². The molecule has 0 aliphatic carbocycles. The van der Waals surface area contributed by atoms with Gasteiger partial charge in [0.2, 0.25) is 0 Å². The van der Waals surface area contributed by atoms with Gasteiger partial charge in [-0.25, -0.2) is 0 Å². The molecule has 352 valence electrons.